The molecule has 1 amide bonds. The van der Waals surface area contributed by atoms with E-state index in [1.807, 2.05) is 11.0 Å². The number of hydrogen-bond donors (Lipinski definition) is 1. The van der Waals surface area contributed by atoms with Gasteiger partial charge in [0.25, 0.3) is 5.91 Å². The van der Waals surface area contributed by atoms with Crippen LogP contribution in [0.3, 0.4) is 0 Å². The molecule has 1 saturated heterocycles. The number of nitrogens with zero attached hydrogens (tertiary/aromatic N) is 3. The van der Waals surface area contributed by atoms with Crippen molar-refractivity contribution in [2.45, 2.75) is 18.8 Å². The molecule has 5 nitrogen and oxygen atoms in total. The summed E-state index contributed by atoms with van der Waals surface area (Å²) in [7, 11) is 0. The second kappa shape index (κ2) is 4.89. The highest BCUT2D eigenvalue weighted by Gasteiger charge is 2.26. The van der Waals surface area contributed by atoms with E-state index >= 15 is 0 Å². The second-order valence-electron chi connectivity index (χ2n) is 4.47. The Balaban J connectivity index is 1.73. The number of rotatable bonds is 2. The highest BCUT2D eigenvalue weighted by molar-refractivity contribution is 7.11. The minimum atomic E-state index is 0.0988. The van der Waals surface area contributed by atoms with Crippen molar-refractivity contribution in [3.63, 3.8) is 0 Å². The van der Waals surface area contributed by atoms with E-state index in [0.717, 1.165) is 36.5 Å². The molecule has 1 N–H and O–H groups in total. The predicted molar refractivity (Wildman–Crippen MR) is 68.6 cm³/mol. The summed E-state index contributed by atoms with van der Waals surface area (Å²) in [5.41, 5.74) is 2.82. The molecule has 1 fully saturated rings. The van der Waals surface area contributed by atoms with E-state index in [2.05, 4.69) is 15.2 Å². The summed E-state index contributed by atoms with van der Waals surface area (Å²) in [6, 6.07) is 1.99. The highest BCUT2D eigenvalue weighted by Crippen LogP contribution is 2.26. The number of thiazole rings is 1. The molecule has 0 spiro atoms. The molecular weight excluding hydrogens is 248 g/mol. The first-order chi connectivity index (χ1) is 8.84. The maximum atomic E-state index is 12.2. The normalized spacial score (nSPS) is 20.0. The molecule has 2 aromatic heterocycles. The van der Waals surface area contributed by atoms with Crippen molar-refractivity contribution >= 4 is 17.2 Å². The van der Waals surface area contributed by atoms with Crippen LogP contribution in [0.2, 0.25) is 0 Å². The van der Waals surface area contributed by atoms with Gasteiger partial charge in [-0.3, -0.25) is 14.9 Å². The van der Waals surface area contributed by atoms with Crippen molar-refractivity contribution < 1.29 is 4.79 Å². The first kappa shape index (κ1) is 11.4. The predicted octanol–water partition coefficient (Wildman–Crippen LogP) is 1.89. The van der Waals surface area contributed by atoms with Crippen molar-refractivity contribution in [2.24, 2.45) is 0 Å². The van der Waals surface area contributed by atoms with Crippen LogP contribution in [-0.2, 0) is 0 Å². The summed E-state index contributed by atoms with van der Waals surface area (Å²) in [5, 5.41) is 6.98. The van der Waals surface area contributed by atoms with Gasteiger partial charge in [0.05, 0.1) is 11.7 Å². The van der Waals surface area contributed by atoms with E-state index in [-0.39, 0.29) is 5.91 Å². The molecule has 0 radical (unpaired) electrons. The zero-order valence-electron chi connectivity index (χ0n) is 9.87. The standard InChI is InChI=1S/C12H14N4OS/c17-12(11-6-13-8-18-11)16-5-1-2-9(7-16)10-3-4-14-15-10/h3-4,6,8-9H,1-2,5,7H2,(H,14,15). The first-order valence-electron chi connectivity index (χ1n) is 6.01. The van der Waals surface area contributed by atoms with Gasteiger partial charge in [-0.1, -0.05) is 0 Å². The number of aromatic nitrogens is 3. The number of amides is 1. The number of carbonyl (C=O) groups excluding carboxylic acids is 1. The zero-order chi connectivity index (χ0) is 12.4. The van der Waals surface area contributed by atoms with E-state index < -0.39 is 0 Å². The average Bonchev–Trinajstić information content (AvgIpc) is 3.11. The summed E-state index contributed by atoms with van der Waals surface area (Å²) in [6.07, 6.45) is 5.55. The van der Waals surface area contributed by atoms with Crippen molar-refractivity contribution in [3.8, 4) is 0 Å². The van der Waals surface area contributed by atoms with Crippen molar-refractivity contribution in [3.05, 3.63) is 34.5 Å². The van der Waals surface area contributed by atoms with Gasteiger partial charge in [0.15, 0.2) is 0 Å². The molecule has 6 heteroatoms. The number of carbonyl (C=O) groups is 1. The third kappa shape index (κ3) is 2.15. The summed E-state index contributed by atoms with van der Waals surface area (Å²) in [6.45, 7) is 1.60. The number of H-pyrrole nitrogens is 1. The van der Waals surface area contributed by atoms with Crippen LogP contribution in [0.5, 0.6) is 0 Å². The monoisotopic (exact) mass is 262 g/mol. The number of aromatic amines is 1. The Morgan fingerprint density at radius 1 is 1.56 bits per heavy atom. The summed E-state index contributed by atoms with van der Waals surface area (Å²) in [4.78, 5) is 18.8. The molecule has 1 aliphatic heterocycles. The topological polar surface area (TPSA) is 61.9 Å². The van der Waals surface area contributed by atoms with Crippen LogP contribution in [0.15, 0.2) is 24.0 Å². The smallest absolute Gasteiger partial charge is 0.265 e. The lowest BCUT2D eigenvalue weighted by Crippen LogP contribution is -2.38. The molecule has 3 heterocycles. The van der Waals surface area contributed by atoms with Crippen LogP contribution in [0.4, 0.5) is 0 Å². The summed E-state index contributed by atoms with van der Waals surface area (Å²) in [5.74, 6) is 0.472. The van der Waals surface area contributed by atoms with Crippen LogP contribution < -0.4 is 0 Å². The molecule has 0 bridgehead atoms. The second-order valence-corrected chi connectivity index (χ2v) is 5.35. The lowest BCUT2D eigenvalue weighted by molar-refractivity contribution is 0.0710. The van der Waals surface area contributed by atoms with Gasteiger partial charge in [0.2, 0.25) is 0 Å². The maximum absolute atomic E-state index is 12.2. The van der Waals surface area contributed by atoms with Gasteiger partial charge < -0.3 is 4.90 Å². The number of nitrogens with one attached hydrogen (secondary N) is 1. The third-order valence-corrected chi connectivity index (χ3v) is 4.07. The Bertz CT molecular complexity index is 508. The van der Waals surface area contributed by atoms with E-state index in [4.69, 9.17) is 0 Å². The lowest BCUT2D eigenvalue weighted by Gasteiger charge is -2.31. The molecule has 0 aliphatic carbocycles. The molecule has 1 aliphatic rings. The van der Waals surface area contributed by atoms with Crippen LogP contribution in [0.1, 0.15) is 34.1 Å². The van der Waals surface area contributed by atoms with Gasteiger partial charge in [-0.2, -0.15) is 5.10 Å². The highest BCUT2D eigenvalue weighted by atomic mass is 32.1. The fraction of sp³-hybridized carbons (Fsp3) is 0.417. The lowest BCUT2D eigenvalue weighted by atomic mass is 9.95. The van der Waals surface area contributed by atoms with E-state index in [1.165, 1.54) is 11.3 Å². The molecule has 0 aromatic carbocycles. The molecular formula is C12H14N4OS. The van der Waals surface area contributed by atoms with Gasteiger partial charge in [-0.15, -0.1) is 11.3 Å². The van der Waals surface area contributed by atoms with Crippen LogP contribution >= 0.6 is 11.3 Å². The van der Waals surface area contributed by atoms with Crippen LogP contribution in [0.25, 0.3) is 0 Å². The minimum absolute atomic E-state index is 0.0988. The van der Waals surface area contributed by atoms with Gasteiger partial charge in [0, 0.05) is 30.9 Å². The first-order valence-corrected chi connectivity index (χ1v) is 6.89. The Morgan fingerprint density at radius 2 is 2.50 bits per heavy atom. The average molecular weight is 262 g/mol. The van der Waals surface area contributed by atoms with E-state index in [0.29, 0.717) is 5.92 Å². The number of likely N-dealkylation sites (tertiary alicyclic amines) is 1. The SMILES string of the molecule is O=C(c1cncs1)N1CCCC(c2ccn[nH]2)C1. The third-order valence-electron chi connectivity index (χ3n) is 3.31. The van der Waals surface area contributed by atoms with Crippen molar-refractivity contribution in [1.82, 2.24) is 20.1 Å². The Labute approximate surface area is 109 Å². The van der Waals surface area contributed by atoms with Crippen LogP contribution in [-0.4, -0.2) is 39.1 Å². The van der Waals surface area contributed by atoms with Gasteiger partial charge in [-0.05, 0) is 18.9 Å². The minimum Gasteiger partial charge on any atom is -0.337 e. The van der Waals surface area contributed by atoms with Gasteiger partial charge in [0.1, 0.15) is 4.88 Å². The Kier molecular flexibility index (Phi) is 3.10. The van der Waals surface area contributed by atoms with Crippen molar-refractivity contribution in [1.29, 1.82) is 0 Å². The van der Waals surface area contributed by atoms with E-state index in [9.17, 15) is 4.79 Å². The molecule has 3 rings (SSSR count). The molecule has 0 saturated carbocycles. The quantitative estimate of drug-likeness (QED) is 0.899. The number of hydrogen-bond acceptors (Lipinski definition) is 4. The number of piperidine rings is 1. The Hall–Kier alpha value is -1.69. The maximum Gasteiger partial charge on any atom is 0.265 e. The summed E-state index contributed by atoms with van der Waals surface area (Å²) < 4.78 is 0. The van der Waals surface area contributed by atoms with Gasteiger partial charge in [-0.25, -0.2) is 0 Å². The molecule has 1 unspecified atom stereocenters. The fourth-order valence-corrected chi connectivity index (χ4v) is 2.97. The van der Waals surface area contributed by atoms with Crippen molar-refractivity contribution in [2.75, 3.05) is 13.1 Å². The largest absolute Gasteiger partial charge is 0.337 e. The summed E-state index contributed by atoms with van der Waals surface area (Å²) >= 11 is 1.40. The molecule has 94 valence electrons. The molecule has 1 atom stereocenters. The Morgan fingerprint density at radius 3 is 3.22 bits per heavy atom. The fourth-order valence-electron chi connectivity index (χ4n) is 2.39. The zero-order valence-corrected chi connectivity index (χ0v) is 10.7. The van der Waals surface area contributed by atoms with Gasteiger partial charge >= 0.3 is 0 Å². The molecule has 2 aromatic rings. The van der Waals surface area contributed by atoms with Crippen LogP contribution in [0, 0.1) is 0 Å². The molecule has 18 heavy (non-hydrogen) atoms. The van der Waals surface area contributed by atoms with E-state index in [1.54, 1.807) is 17.9 Å².